The second-order valence-electron chi connectivity index (χ2n) is 6.40. The standard InChI is InChI=1S/C21H22N2O4S/c1-3-4-19(24)22-14-5-11-17(12-6-14)28-18-13-20(25)23(21(18)26)15-7-9-16(27-2)10-8-15/h5-12,18H,3-4,13H2,1-2H3,(H,22,24)/t18-/m0/s1. The van der Waals surface area contributed by atoms with Gasteiger partial charge >= 0.3 is 0 Å². The third kappa shape index (κ3) is 4.54. The van der Waals surface area contributed by atoms with Gasteiger partial charge in [0, 0.05) is 23.4 Å². The lowest BCUT2D eigenvalue weighted by Gasteiger charge is -2.15. The summed E-state index contributed by atoms with van der Waals surface area (Å²) in [5.74, 6) is 0.214. The third-order valence-electron chi connectivity index (χ3n) is 4.33. The molecule has 1 fully saturated rings. The SMILES string of the molecule is CCCC(=O)Nc1ccc(S[C@H]2CC(=O)N(c3ccc(OC)cc3)C2=O)cc1. The van der Waals surface area contributed by atoms with Crippen LogP contribution in [0.4, 0.5) is 11.4 Å². The van der Waals surface area contributed by atoms with Gasteiger partial charge in [-0.1, -0.05) is 6.92 Å². The smallest absolute Gasteiger partial charge is 0.247 e. The van der Waals surface area contributed by atoms with Crippen LogP contribution in [-0.4, -0.2) is 30.1 Å². The van der Waals surface area contributed by atoms with Crippen LogP contribution >= 0.6 is 11.8 Å². The Labute approximate surface area is 168 Å². The molecule has 0 aliphatic carbocycles. The number of nitrogens with one attached hydrogen (secondary N) is 1. The van der Waals surface area contributed by atoms with E-state index in [1.165, 1.54) is 16.7 Å². The van der Waals surface area contributed by atoms with Crippen LogP contribution in [0.3, 0.4) is 0 Å². The Kier molecular flexibility index (Phi) is 6.36. The molecule has 1 saturated heterocycles. The predicted octanol–water partition coefficient (Wildman–Crippen LogP) is 3.86. The molecule has 0 unspecified atom stereocenters. The van der Waals surface area contributed by atoms with Gasteiger partial charge in [-0.15, -0.1) is 11.8 Å². The molecule has 0 aromatic heterocycles. The van der Waals surface area contributed by atoms with Crippen molar-refractivity contribution >= 4 is 40.9 Å². The number of methoxy groups -OCH3 is 1. The summed E-state index contributed by atoms with van der Waals surface area (Å²) in [6.07, 6.45) is 1.43. The summed E-state index contributed by atoms with van der Waals surface area (Å²) in [7, 11) is 1.56. The highest BCUT2D eigenvalue weighted by Crippen LogP contribution is 2.34. The second-order valence-corrected chi connectivity index (χ2v) is 7.67. The average molecular weight is 398 g/mol. The van der Waals surface area contributed by atoms with Crippen LogP contribution in [0.5, 0.6) is 5.75 Å². The maximum atomic E-state index is 12.8. The number of hydrogen-bond donors (Lipinski definition) is 1. The lowest BCUT2D eigenvalue weighted by atomic mass is 10.3. The number of thioether (sulfide) groups is 1. The lowest BCUT2D eigenvalue weighted by molar-refractivity contribution is -0.121. The Balaban J connectivity index is 1.65. The second kappa shape index (κ2) is 8.93. The number of hydrogen-bond acceptors (Lipinski definition) is 5. The van der Waals surface area contributed by atoms with E-state index in [0.717, 1.165) is 17.0 Å². The first-order valence-electron chi connectivity index (χ1n) is 9.09. The van der Waals surface area contributed by atoms with Gasteiger partial charge in [0.05, 0.1) is 18.0 Å². The van der Waals surface area contributed by atoms with Crippen LogP contribution in [-0.2, 0) is 14.4 Å². The number of amides is 3. The number of anilines is 2. The summed E-state index contributed by atoms with van der Waals surface area (Å²) in [4.78, 5) is 38.9. The molecule has 0 bridgehead atoms. The normalized spacial score (nSPS) is 16.4. The molecule has 1 heterocycles. The molecule has 3 rings (SSSR count). The van der Waals surface area contributed by atoms with Crippen molar-refractivity contribution in [3.05, 3.63) is 48.5 Å². The number of rotatable bonds is 7. The van der Waals surface area contributed by atoms with E-state index >= 15 is 0 Å². The molecular weight excluding hydrogens is 376 g/mol. The zero-order valence-corrected chi connectivity index (χ0v) is 16.6. The van der Waals surface area contributed by atoms with E-state index in [4.69, 9.17) is 4.74 Å². The number of benzene rings is 2. The van der Waals surface area contributed by atoms with E-state index in [1.54, 1.807) is 43.5 Å². The fraction of sp³-hybridized carbons (Fsp3) is 0.286. The highest BCUT2D eigenvalue weighted by Gasteiger charge is 2.40. The maximum absolute atomic E-state index is 12.8. The van der Waals surface area contributed by atoms with Gasteiger partial charge < -0.3 is 10.1 Å². The van der Waals surface area contributed by atoms with Gasteiger partial charge in [0.15, 0.2) is 0 Å². The molecule has 7 heteroatoms. The number of ether oxygens (including phenoxy) is 1. The van der Waals surface area contributed by atoms with Crippen molar-refractivity contribution in [3.8, 4) is 5.75 Å². The van der Waals surface area contributed by atoms with Gasteiger partial charge in [-0.2, -0.15) is 0 Å². The van der Waals surface area contributed by atoms with Gasteiger partial charge in [-0.25, -0.2) is 4.90 Å². The summed E-state index contributed by atoms with van der Waals surface area (Å²) < 4.78 is 5.11. The largest absolute Gasteiger partial charge is 0.497 e. The summed E-state index contributed by atoms with van der Waals surface area (Å²) in [5, 5.41) is 2.37. The molecule has 146 valence electrons. The molecule has 28 heavy (non-hydrogen) atoms. The van der Waals surface area contributed by atoms with E-state index in [9.17, 15) is 14.4 Å². The third-order valence-corrected chi connectivity index (χ3v) is 5.53. The highest BCUT2D eigenvalue weighted by atomic mass is 32.2. The summed E-state index contributed by atoms with van der Waals surface area (Å²) in [6, 6.07) is 14.2. The Morgan fingerprint density at radius 3 is 2.43 bits per heavy atom. The fourth-order valence-electron chi connectivity index (χ4n) is 2.93. The molecule has 2 aromatic carbocycles. The predicted molar refractivity (Wildman–Crippen MR) is 110 cm³/mol. The molecule has 0 saturated carbocycles. The zero-order chi connectivity index (χ0) is 20.1. The van der Waals surface area contributed by atoms with E-state index in [0.29, 0.717) is 17.9 Å². The summed E-state index contributed by atoms with van der Waals surface area (Å²) in [6.45, 7) is 1.95. The zero-order valence-electron chi connectivity index (χ0n) is 15.8. The highest BCUT2D eigenvalue weighted by molar-refractivity contribution is 8.00. The van der Waals surface area contributed by atoms with Gasteiger partial charge in [-0.3, -0.25) is 14.4 Å². The Bertz CT molecular complexity index is 865. The molecule has 1 aliphatic heterocycles. The van der Waals surface area contributed by atoms with Crippen molar-refractivity contribution in [1.82, 2.24) is 0 Å². The van der Waals surface area contributed by atoms with Gasteiger partial charge in [0.2, 0.25) is 17.7 Å². The number of nitrogens with zero attached hydrogens (tertiary/aromatic N) is 1. The maximum Gasteiger partial charge on any atom is 0.247 e. The topological polar surface area (TPSA) is 75.7 Å². The van der Waals surface area contributed by atoms with Crippen molar-refractivity contribution in [1.29, 1.82) is 0 Å². The van der Waals surface area contributed by atoms with E-state index in [1.807, 2.05) is 19.1 Å². The van der Waals surface area contributed by atoms with Gasteiger partial charge in [0.1, 0.15) is 5.75 Å². The number of carbonyl (C=O) groups excluding carboxylic acids is 3. The van der Waals surface area contributed by atoms with E-state index < -0.39 is 5.25 Å². The van der Waals surface area contributed by atoms with Gasteiger partial charge in [-0.05, 0) is 55.0 Å². The first-order valence-corrected chi connectivity index (χ1v) is 9.97. The Hall–Kier alpha value is -2.80. The Morgan fingerprint density at radius 2 is 1.82 bits per heavy atom. The van der Waals surface area contributed by atoms with Crippen molar-refractivity contribution in [2.45, 2.75) is 36.3 Å². The molecule has 1 aliphatic rings. The molecule has 0 radical (unpaired) electrons. The van der Waals surface area contributed by atoms with Crippen LogP contribution in [0.2, 0.25) is 0 Å². The monoisotopic (exact) mass is 398 g/mol. The molecule has 6 nitrogen and oxygen atoms in total. The molecule has 1 N–H and O–H groups in total. The number of carbonyl (C=O) groups is 3. The molecule has 1 atom stereocenters. The minimum absolute atomic E-state index is 0.0189. The average Bonchev–Trinajstić information content (AvgIpc) is 2.97. The first-order chi connectivity index (χ1) is 13.5. The molecular formula is C21H22N2O4S. The van der Waals surface area contributed by atoms with Crippen molar-refractivity contribution in [2.24, 2.45) is 0 Å². The van der Waals surface area contributed by atoms with Crippen LogP contribution < -0.4 is 15.0 Å². The Morgan fingerprint density at radius 1 is 1.14 bits per heavy atom. The fourth-order valence-corrected chi connectivity index (χ4v) is 3.98. The quantitative estimate of drug-likeness (QED) is 0.717. The van der Waals surface area contributed by atoms with Crippen LogP contribution in [0.15, 0.2) is 53.4 Å². The van der Waals surface area contributed by atoms with Crippen molar-refractivity contribution in [3.63, 3.8) is 0 Å². The van der Waals surface area contributed by atoms with Crippen molar-refractivity contribution in [2.75, 3.05) is 17.3 Å². The van der Waals surface area contributed by atoms with Gasteiger partial charge in [0.25, 0.3) is 0 Å². The van der Waals surface area contributed by atoms with E-state index in [2.05, 4.69) is 5.32 Å². The number of imide groups is 1. The molecule has 0 spiro atoms. The van der Waals surface area contributed by atoms with Crippen LogP contribution in [0.25, 0.3) is 0 Å². The van der Waals surface area contributed by atoms with E-state index in [-0.39, 0.29) is 24.1 Å². The first kappa shape index (κ1) is 19.9. The van der Waals surface area contributed by atoms with Crippen LogP contribution in [0.1, 0.15) is 26.2 Å². The molecule has 2 aromatic rings. The summed E-state index contributed by atoms with van der Waals surface area (Å²) >= 11 is 1.36. The summed E-state index contributed by atoms with van der Waals surface area (Å²) in [5.41, 5.74) is 1.27. The van der Waals surface area contributed by atoms with Crippen LogP contribution in [0, 0.1) is 0 Å². The minimum Gasteiger partial charge on any atom is -0.497 e. The lowest BCUT2D eigenvalue weighted by Crippen LogP contribution is -2.31. The minimum atomic E-state index is -0.463. The van der Waals surface area contributed by atoms with Crippen molar-refractivity contribution < 1.29 is 19.1 Å². The molecule has 3 amide bonds.